The summed E-state index contributed by atoms with van der Waals surface area (Å²) in [6.07, 6.45) is 4.43. The number of nitrogens with one attached hydrogen (secondary N) is 1. The first-order valence-electron chi connectivity index (χ1n) is 11.9. The summed E-state index contributed by atoms with van der Waals surface area (Å²) < 4.78 is 20.1. The molecule has 3 fully saturated rings. The van der Waals surface area contributed by atoms with Crippen LogP contribution in [0.3, 0.4) is 0 Å². The van der Waals surface area contributed by atoms with E-state index in [1.165, 1.54) is 0 Å². The standard InChI is InChI=1S/C25H33BrN2O5/c1-4-15-13-28-9-8-24-22-20(31-3)7-6-18(26)23(22)27-25(24,33-11-10-32-24)21(28)12-17(15)16(5-2)19(30)14-29/h5-7,15,17,21,27,29H,4,8-14H2,1-3H3/b16-5+/t15-,17+,21+,24+,25+/m1/s1. The van der Waals surface area contributed by atoms with E-state index in [2.05, 4.69) is 33.1 Å². The second-order valence-electron chi connectivity index (χ2n) is 9.48. The van der Waals surface area contributed by atoms with Crippen molar-refractivity contribution in [2.75, 3.05) is 45.3 Å². The van der Waals surface area contributed by atoms with Gasteiger partial charge in [-0.1, -0.05) is 19.4 Å². The normalized spacial score (nSPS) is 35.7. The predicted octanol–water partition coefficient (Wildman–Crippen LogP) is 3.45. The van der Waals surface area contributed by atoms with Crippen molar-refractivity contribution >= 4 is 27.4 Å². The highest BCUT2D eigenvalue weighted by Gasteiger charge is 2.70. The Bertz CT molecular complexity index is 984. The number of nitrogens with zero attached hydrogens (tertiary/aromatic N) is 1. The van der Waals surface area contributed by atoms with Gasteiger partial charge in [-0.15, -0.1) is 0 Å². The zero-order chi connectivity index (χ0) is 23.4. The number of rotatable bonds is 5. The van der Waals surface area contributed by atoms with Crippen LogP contribution in [0.15, 0.2) is 28.3 Å². The molecule has 180 valence electrons. The van der Waals surface area contributed by atoms with Gasteiger partial charge in [0.2, 0.25) is 0 Å². The number of hydrogen-bond acceptors (Lipinski definition) is 7. The van der Waals surface area contributed by atoms with Crippen molar-refractivity contribution in [1.29, 1.82) is 0 Å². The number of fused-ring (bicyclic) bond motifs is 2. The number of carbonyl (C=O) groups excluding carboxylic acids is 1. The Morgan fingerprint density at radius 2 is 2.18 bits per heavy atom. The van der Waals surface area contributed by atoms with Crippen molar-refractivity contribution in [1.82, 2.24) is 4.90 Å². The molecule has 0 aromatic heterocycles. The summed E-state index contributed by atoms with van der Waals surface area (Å²) in [6.45, 7) is 6.43. The third kappa shape index (κ3) is 3.18. The topological polar surface area (TPSA) is 80.3 Å². The van der Waals surface area contributed by atoms with Gasteiger partial charge in [0.15, 0.2) is 11.5 Å². The van der Waals surface area contributed by atoms with E-state index >= 15 is 0 Å². The van der Waals surface area contributed by atoms with Crippen LogP contribution in [-0.2, 0) is 19.9 Å². The molecule has 0 aliphatic carbocycles. The highest BCUT2D eigenvalue weighted by atomic mass is 79.9. The predicted molar refractivity (Wildman–Crippen MR) is 128 cm³/mol. The first kappa shape index (κ1) is 23.3. The van der Waals surface area contributed by atoms with E-state index in [4.69, 9.17) is 14.2 Å². The van der Waals surface area contributed by atoms with E-state index < -0.39 is 17.9 Å². The van der Waals surface area contributed by atoms with Crippen LogP contribution in [0.4, 0.5) is 5.69 Å². The maximum Gasteiger partial charge on any atom is 0.188 e. The fraction of sp³-hybridized carbons (Fsp3) is 0.640. The first-order valence-corrected chi connectivity index (χ1v) is 12.7. The van der Waals surface area contributed by atoms with Gasteiger partial charge in [-0.2, -0.15) is 0 Å². The number of carbonyl (C=O) groups is 1. The number of Topliss-reactive ketones (excluding diaryl/α,β-unsaturated/α-hetero) is 1. The Hall–Kier alpha value is -1.45. The fourth-order valence-electron chi connectivity index (χ4n) is 6.88. The Kier molecular flexibility index (Phi) is 6.10. The van der Waals surface area contributed by atoms with Crippen LogP contribution in [0, 0.1) is 11.8 Å². The monoisotopic (exact) mass is 520 g/mol. The van der Waals surface area contributed by atoms with Gasteiger partial charge >= 0.3 is 0 Å². The Labute approximate surface area is 203 Å². The molecule has 33 heavy (non-hydrogen) atoms. The fourth-order valence-corrected chi connectivity index (χ4v) is 7.31. The second-order valence-corrected chi connectivity index (χ2v) is 10.3. The number of benzene rings is 1. The molecule has 0 bridgehead atoms. The number of aliphatic hydroxyl groups excluding tert-OH is 1. The third-order valence-corrected chi connectivity index (χ3v) is 8.95. The van der Waals surface area contributed by atoms with E-state index in [9.17, 15) is 9.90 Å². The molecule has 2 N–H and O–H groups in total. The molecule has 5 rings (SSSR count). The lowest BCUT2D eigenvalue weighted by Crippen LogP contribution is -2.75. The van der Waals surface area contributed by atoms with E-state index in [1.54, 1.807) is 7.11 Å². The molecule has 8 heteroatoms. The molecule has 1 aromatic rings. The summed E-state index contributed by atoms with van der Waals surface area (Å²) in [5, 5.41) is 13.4. The summed E-state index contributed by atoms with van der Waals surface area (Å²) in [4.78, 5) is 15.2. The first-order chi connectivity index (χ1) is 16.0. The number of aliphatic hydroxyl groups is 1. The quantitative estimate of drug-likeness (QED) is 0.575. The van der Waals surface area contributed by atoms with Gasteiger partial charge in [0.1, 0.15) is 18.0 Å². The lowest BCUT2D eigenvalue weighted by Gasteiger charge is -2.61. The number of anilines is 1. The van der Waals surface area contributed by atoms with Gasteiger partial charge in [0, 0.05) is 17.6 Å². The minimum absolute atomic E-state index is 0.00444. The number of piperidine rings is 2. The SMILES string of the molecule is C/C=C(/C(=O)CO)[C@H]1C[C@@H]2N(CC[C@@]34OCCO[C@@]23Nc2c(Br)ccc(OC)c24)C[C@H]1CC. The highest BCUT2D eigenvalue weighted by molar-refractivity contribution is 9.10. The van der Waals surface area contributed by atoms with Crippen molar-refractivity contribution in [3.05, 3.63) is 33.8 Å². The number of hydrogen-bond donors (Lipinski definition) is 2. The number of ether oxygens (including phenoxy) is 3. The Morgan fingerprint density at radius 1 is 1.39 bits per heavy atom. The minimum Gasteiger partial charge on any atom is -0.496 e. The molecule has 0 spiro atoms. The Morgan fingerprint density at radius 3 is 2.88 bits per heavy atom. The van der Waals surface area contributed by atoms with E-state index in [1.807, 2.05) is 25.1 Å². The van der Waals surface area contributed by atoms with Crippen LogP contribution in [0.5, 0.6) is 5.75 Å². The molecule has 4 aliphatic heterocycles. The van der Waals surface area contributed by atoms with Gasteiger partial charge in [0.25, 0.3) is 0 Å². The molecule has 0 saturated carbocycles. The molecule has 7 nitrogen and oxygen atoms in total. The van der Waals surface area contributed by atoms with Crippen LogP contribution in [-0.4, -0.2) is 67.6 Å². The zero-order valence-electron chi connectivity index (χ0n) is 19.5. The minimum atomic E-state index is -0.777. The van der Waals surface area contributed by atoms with Crippen LogP contribution in [0.25, 0.3) is 0 Å². The molecule has 5 atom stereocenters. The van der Waals surface area contributed by atoms with Crippen LogP contribution >= 0.6 is 15.9 Å². The second kappa shape index (κ2) is 8.64. The van der Waals surface area contributed by atoms with Crippen molar-refractivity contribution in [2.24, 2.45) is 11.8 Å². The number of halogens is 1. The molecular weight excluding hydrogens is 488 g/mol. The van der Waals surface area contributed by atoms with Crippen molar-refractivity contribution in [2.45, 2.75) is 50.5 Å². The summed E-state index contributed by atoms with van der Waals surface area (Å²) in [5.74, 6) is 1.03. The molecule has 4 heterocycles. The molecule has 0 amide bonds. The van der Waals surface area contributed by atoms with Crippen LogP contribution in [0.1, 0.15) is 38.7 Å². The number of methoxy groups -OCH3 is 1. The van der Waals surface area contributed by atoms with Gasteiger partial charge in [-0.05, 0) is 65.2 Å². The summed E-state index contributed by atoms with van der Waals surface area (Å²) >= 11 is 3.73. The highest BCUT2D eigenvalue weighted by Crippen LogP contribution is 2.62. The molecule has 1 aromatic carbocycles. The smallest absolute Gasteiger partial charge is 0.188 e. The molecular formula is C25H33BrN2O5. The lowest BCUT2D eigenvalue weighted by molar-refractivity contribution is -0.297. The van der Waals surface area contributed by atoms with E-state index in [-0.39, 0.29) is 17.7 Å². The average Bonchev–Trinajstić information content (AvgIpc) is 3.18. The maximum absolute atomic E-state index is 12.7. The summed E-state index contributed by atoms with van der Waals surface area (Å²) in [6, 6.07) is 3.98. The maximum atomic E-state index is 12.7. The summed E-state index contributed by atoms with van der Waals surface area (Å²) in [7, 11) is 1.69. The number of ketones is 1. The molecule has 3 saturated heterocycles. The van der Waals surface area contributed by atoms with Crippen molar-refractivity contribution in [3.63, 3.8) is 0 Å². The summed E-state index contributed by atoms with van der Waals surface area (Å²) in [5.41, 5.74) is 1.27. The largest absolute Gasteiger partial charge is 0.496 e. The number of allylic oxidation sites excluding steroid dienone is 1. The third-order valence-electron chi connectivity index (χ3n) is 8.29. The zero-order valence-corrected chi connectivity index (χ0v) is 21.1. The van der Waals surface area contributed by atoms with Crippen LogP contribution < -0.4 is 10.1 Å². The van der Waals surface area contributed by atoms with Gasteiger partial charge in [-0.3, -0.25) is 9.69 Å². The van der Waals surface area contributed by atoms with E-state index in [0.29, 0.717) is 19.1 Å². The average molecular weight is 521 g/mol. The van der Waals surface area contributed by atoms with Crippen LogP contribution in [0.2, 0.25) is 0 Å². The van der Waals surface area contributed by atoms with Crippen molar-refractivity contribution < 1.29 is 24.1 Å². The van der Waals surface area contributed by atoms with Crippen molar-refractivity contribution in [3.8, 4) is 5.75 Å². The molecule has 0 unspecified atom stereocenters. The van der Waals surface area contributed by atoms with Gasteiger partial charge in [-0.25, -0.2) is 0 Å². The van der Waals surface area contributed by atoms with Gasteiger partial charge in [0.05, 0.1) is 37.6 Å². The van der Waals surface area contributed by atoms with Gasteiger partial charge < -0.3 is 24.6 Å². The molecule has 0 radical (unpaired) electrons. The lowest BCUT2D eigenvalue weighted by atomic mass is 9.66. The Balaban J connectivity index is 1.62. The molecule has 4 aliphatic rings. The van der Waals surface area contributed by atoms with E-state index in [0.717, 1.165) is 59.4 Å².